The molecule has 5 heterocycles. The molecular formula is C74H43BN2O2. The monoisotopic (exact) mass is 1000 g/mol. The summed E-state index contributed by atoms with van der Waals surface area (Å²) in [6.45, 7) is -0.281. The van der Waals surface area contributed by atoms with Crippen molar-refractivity contribution in [2.75, 3.05) is 4.90 Å². The van der Waals surface area contributed by atoms with Gasteiger partial charge in [0.25, 0.3) is 0 Å². The Morgan fingerprint density at radius 3 is 1.47 bits per heavy atom. The Hall–Kier alpha value is -10.4. The van der Waals surface area contributed by atoms with Crippen molar-refractivity contribution in [2.24, 2.45) is 0 Å². The van der Waals surface area contributed by atoms with E-state index in [1.165, 1.54) is 71.2 Å². The molecule has 4 nitrogen and oxygen atoms in total. The van der Waals surface area contributed by atoms with Gasteiger partial charge in [-0.15, -0.1) is 0 Å². The highest BCUT2D eigenvalue weighted by Crippen LogP contribution is 2.54. The average molecular weight is 1000 g/mol. The van der Waals surface area contributed by atoms with Crippen LogP contribution in [0.5, 0.6) is 0 Å². The van der Waals surface area contributed by atoms with E-state index in [0.717, 1.165) is 99.6 Å². The Bertz CT molecular complexity index is 5190. The summed E-state index contributed by atoms with van der Waals surface area (Å²) in [4.78, 5) is 2.58. The standard InChI is InChI=1S/C74H43BN2O2/c1-5-21-44(22-6-1)48-37-49(45-23-7-2-8-24-45)39-50(38-48)76-62-42-57-56(67(46-25-9-3-10-26-46)52-30-13-14-31-53(52)68(57)47-27-11-4-12-28-47)41-60(62)75-72-63(76)43-66-69(55-33-17-20-36-65(55)78-66)70(72)59-40-58-51-29-16-19-35-64(51)79-74(58)71-54-32-15-18-34-61(54)77(75)73(59)71/h1-43H. The summed E-state index contributed by atoms with van der Waals surface area (Å²) in [6, 6.07) is 95.9. The highest BCUT2D eigenvalue weighted by Gasteiger charge is 2.45. The molecule has 2 aliphatic rings. The third kappa shape index (κ3) is 5.93. The van der Waals surface area contributed by atoms with E-state index >= 15 is 0 Å². The predicted molar refractivity (Wildman–Crippen MR) is 331 cm³/mol. The number of para-hydroxylation sites is 3. The molecule has 79 heavy (non-hydrogen) atoms. The molecule has 0 N–H and O–H groups in total. The minimum absolute atomic E-state index is 0.281. The molecule has 0 atom stereocenters. The zero-order valence-corrected chi connectivity index (χ0v) is 42.6. The highest BCUT2D eigenvalue weighted by molar-refractivity contribution is 6.90. The number of hydrogen-bond acceptors (Lipinski definition) is 3. The van der Waals surface area contributed by atoms with Gasteiger partial charge in [0.05, 0.1) is 5.39 Å². The Kier molecular flexibility index (Phi) is 8.72. The van der Waals surface area contributed by atoms with Crippen molar-refractivity contribution in [3.63, 3.8) is 0 Å². The van der Waals surface area contributed by atoms with E-state index in [1.807, 2.05) is 0 Å². The first-order valence-electron chi connectivity index (χ1n) is 27.3. The Morgan fingerprint density at radius 1 is 0.316 bits per heavy atom. The van der Waals surface area contributed by atoms with Crippen molar-refractivity contribution in [1.82, 2.24) is 4.48 Å². The lowest BCUT2D eigenvalue weighted by molar-refractivity contribution is 0.669. The molecular weight excluding hydrogens is 960 g/mol. The lowest BCUT2D eigenvalue weighted by atomic mass is 9.44. The lowest BCUT2D eigenvalue weighted by Gasteiger charge is -2.41. The summed E-state index contributed by atoms with van der Waals surface area (Å²) in [7, 11) is 0. The zero-order valence-electron chi connectivity index (χ0n) is 42.6. The molecule has 18 rings (SSSR count). The zero-order chi connectivity index (χ0) is 51.4. The van der Waals surface area contributed by atoms with Gasteiger partial charge in [-0.2, -0.15) is 0 Å². The Morgan fingerprint density at radius 2 is 0.835 bits per heavy atom. The number of benzene rings is 13. The van der Waals surface area contributed by atoms with Gasteiger partial charge < -0.3 is 18.2 Å². The summed E-state index contributed by atoms with van der Waals surface area (Å²) in [5, 5.41) is 11.6. The molecule has 0 aliphatic carbocycles. The van der Waals surface area contributed by atoms with Crippen LogP contribution < -0.4 is 15.8 Å². The molecule has 364 valence electrons. The molecule has 0 amide bonds. The smallest absolute Gasteiger partial charge is 0.333 e. The fraction of sp³-hybridized carbons (Fsp3) is 0. The summed E-state index contributed by atoms with van der Waals surface area (Å²) >= 11 is 0. The molecule has 5 heteroatoms. The van der Waals surface area contributed by atoms with E-state index in [9.17, 15) is 0 Å². The molecule has 0 unspecified atom stereocenters. The van der Waals surface area contributed by atoms with Crippen LogP contribution in [0.2, 0.25) is 0 Å². The summed E-state index contributed by atoms with van der Waals surface area (Å²) in [5.74, 6) is 0. The van der Waals surface area contributed by atoms with Crippen molar-refractivity contribution < 1.29 is 8.83 Å². The Labute approximate surface area is 454 Å². The van der Waals surface area contributed by atoms with E-state index in [2.05, 4.69) is 270 Å². The largest absolute Gasteiger partial charge is 0.456 e. The number of aromatic nitrogens is 1. The molecule has 0 radical (unpaired) electrons. The molecule has 0 saturated heterocycles. The molecule has 0 spiro atoms. The fourth-order valence-electron chi connectivity index (χ4n) is 14.1. The lowest BCUT2D eigenvalue weighted by Crippen LogP contribution is -2.56. The van der Waals surface area contributed by atoms with Crippen LogP contribution in [-0.4, -0.2) is 11.3 Å². The van der Waals surface area contributed by atoms with Gasteiger partial charge >= 0.3 is 6.85 Å². The predicted octanol–water partition coefficient (Wildman–Crippen LogP) is 19.0. The Balaban J connectivity index is 1.09. The average Bonchev–Trinajstić information content (AvgIpc) is 4.13. The van der Waals surface area contributed by atoms with E-state index < -0.39 is 0 Å². The molecule has 0 fully saturated rings. The fourth-order valence-corrected chi connectivity index (χ4v) is 14.1. The molecule has 13 aromatic carbocycles. The van der Waals surface area contributed by atoms with E-state index in [0.29, 0.717) is 0 Å². The van der Waals surface area contributed by atoms with Gasteiger partial charge in [-0.3, -0.25) is 0 Å². The van der Waals surface area contributed by atoms with Crippen LogP contribution in [0.15, 0.2) is 270 Å². The van der Waals surface area contributed by atoms with Gasteiger partial charge in [0.1, 0.15) is 22.3 Å². The molecule has 0 saturated carbocycles. The van der Waals surface area contributed by atoms with Crippen molar-refractivity contribution in [3.8, 4) is 55.6 Å². The first-order chi connectivity index (χ1) is 39.2. The summed E-state index contributed by atoms with van der Waals surface area (Å²) < 4.78 is 16.9. The minimum Gasteiger partial charge on any atom is -0.456 e. The van der Waals surface area contributed by atoms with Gasteiger partial charge in [-0.05, 0) is 131 Å². The second-order valence-corrected chi connectivity index (χ2v) is 21.4. The van der Waals surface area contributed by atoms with E-state index in [4.69, 9.17) is 8.83 Å². The van der Waals surface area contributed by atoms with Crippen LogP contribution in [-0.2, 0) is 0 Å². The van der Waals surface area contributed by atoms with Crippen LogP contribution in [0.3, 0.4) is 0 Å². The van der Waals surface area contributed by atoms with Gasteiger partial charge in [0, 0.05) is 66.7 Å². The van der Waals surface area contributed by atoms with Gasteiger partial charge in [0.2, 0.25) is 0 Å². The SMILES string of the molecule is c1ccc(-c2cc(-c3ccccc3)cc(N3c4cc5c(-c6ccccc6)c6ccccc6c(-c6ccccc6)c5cc4B4c5c3cc3oc6ccccc6c3c5-c3cc5c6ccccc6oc5c5c6ccccc6n4c35)c2)cc1. The third-order valence-electron chi connectivity index (χ3n) is 17.3. The van der Waals surface area contributed by atoms with Crippen molar-refractivity contribution in [1.29, 1.82) is 0 Å². The van der Waals surface area contributed by atoms with Crippen molar-refractivity contribution in [3.05, 3.63) is 261 Å². The van der Waals surface area contributed by atoms with Gasteiger partial charge in [-0.1, -0.05) is 206 Å². The number of nitrogens with zero attached hydrogens (tertiary/aromatic N) is 2. The maximum Gasteiger partial charge on any atom is 0.333 e. The van der Waals surface area contributed by atoms with Crippen LogP contribution in [0.25, 0.3) is 143 Å². The summed E-state index contributed by atoms with van der Waals surface area (Å²) in [6.07, 6.45) is 0. The topological polar surface area (TPSA) is 34.5 Å². The van der Waals surface area contributed by atoms with E-state index in [1.54, 1.807) is 0 Å². The maximum atomic E-state index is 7.17. The maximum absolute atomic E-state index is 7.17. The third-order valence-corrected chi connectivity index (χ3v) is 17.3. The molecule has 16 aromatic rings. The quantitative estimate of drug-likeness (QED) is 0.127. The van der Waals surface area contributed by atoms with Crippen LogP contribution >= 0.6 is 0 Å². The van der Waals surface area contributed by atoms with Crippen LogP contribution in [0, 0.1) is 0 Å². The number of rotatable bonds is 5. The highest BCUT2D eigenvalue weighted by atomic mass is 16.3. The first kappa shape index (κ1) is 42.8. The van der Waals surface area contributed by atoms with Crippen LogP contribution in [0.1, 0.15) is 0 Å². The number of fused-ring (bicyclic) bond motifs is 17. The molecule has 3 aromatic heterocycles. The van der Waals surface area contributed by atoms with Crippen molar-refractivity contribution >= 4 is 122 Å². The van der Waals surface area contributed by atoms with E-state index in [-0.39, 0.29) is 6.85 Å². The molecule has 2 aliphatic heterocycles. The first-order valence-corrected chi connectivity index (χ1v) is 27.3. The number of hydrogen-bond donors (Lipinski definition) is 0. The molecule has 0 bridgehead atoms. The van der Waals surface area contributed by atoms with Gasteiger partial charge in [0.15, 0.2) is 0 Å². The number of anilines is 3. The summed E-state index contributed by atoms with van der Waals surface area (Å²) in [5.41, 5.74) is 23.3. The number of furan rings is 2. The second-order valence-electron chi connectivity index (χ2n) is 21.4. The second kappa shape index (κ2) is 16.1. The van der Waals surface area contributed by atoms with Crippen molar-refractivity contribution in [2.45, 2.75) is 0 Å². The van der Waals surface area contributed by atoms with Crippen LogP contribution in [0.4, 0.5) is 17.1 Å². The minimum atomic E-state index is -0.281. The normalized spacial score (nSPS) is 12.8. The van der Waals surface area contributed by atoms with Gasteiger partial charge in [-0.25, -0.2) is 0 Å².